The number of hydrogen-bond acceptors (Lipinski definition) is 1. The van der Waals surface area contributed by atoms with Crippen LogP contribution in [0.2, 0.25) is 0 Å². The van der Waals surface area contributed by atoms with Crippen LogP contribution in [-0.2, 0) is 10.2 Å². The Bertz CT molecular complexity index is 305. The summed E-state index contributed by atoms with van der Waals surface area (Å²) in [7, 11) is 0. The molecule has 1 aromatic carbocycles. The molecule has 1 aromatic rings. The van der Waals surface area contributed by atoms with Gasteiger partial charge in [-0.25, -0.2) is 0 Å². The van der Waals surface area contributed by atoms with Gasteiger partial charge in [-0.1, -0.05) is 45.0 Å². The molecule has 0 saturated carbocycles. The van der Waals surface area contributed by atoms with E-state index in [1.807, 2.05) is 0 Å². The van der Waals surface area contributed by atoms with Crippen molar-refractivity contribution in [3.05, 3.63) is 35.4 Å². The van der Waals surface area contributed by atoms with Gasteiger partial charge in [-0.15, -0.1) is 0 Å². The molecule has 0 unspecified atom stereocenters. The summed E-state index contributed by atoms with van der Waals surface area (Å²) in [6, 6.07) is 8.58. The molecule has 0 N–H and O–H groups in total. The monoisotopic (exact) mass is 176 g/mol. The van der Waals surface area contributed by atoms with Crippen LogP contribution in [0, 0.1) is 0 Å². The molecule has 1 atom stereocenters. The summed E-state index contributed by atoms with van der Waals surface area (Å²) in [5.74, 6) is 0. The van der Waals surface area contributed by atoms with Gasteiger partial charge >= 0.3 is 0 Å². The predicted octanol–water partition coefficient (Wildman–Crippen LogP) is 3.06. The minimum Gasteiger partial charge on any atom is -0.368 e. The molecule has 70 valence electrons. The maximum absolute atomic E-state index is 5.33. The van der Waals surface area contributed by atoms with Crippen LogP contribution in [-0.4, -0.2) is 6.61 Å². The van der Waals surface area contributed by atoms with Crippen LogP contribution >= 0.6 is 0 Å². The summed E-state index contributed by atoms with van der Waals surface area (Å²) < 4.78 is 5.33. The van der Waals surface area contributed by atoms with Crippen LogP contribution < -0.4 is 0 Å². The number of ether oxygens (including phenoxy) is 1. The lowest BCUT2D eigenvalue weighted by Gasteiger charge is -2.22. The molecular weight excluding hydrogens is 160 g/mol. The van der Waals surface area contributed by atoms with Crippen LogP contribution in [0.5, 0.6) is 0 Å². The first-order valence-corrected chi connectivity index (χ1v) is 4.80. The minimum atomic E-state index is 0.225. The van der Waals surface area contributed by atoms with E-state index in [9.17, 15) is 0 Å². The third-order valence-electron chi connectivity index (χ3n) is 2.45. The maximum atomic E-state index is 5.33. The molecular formula is C12H16O. The van der Waals surface area contributed by atoms with Crippen molar-refractivity contribution in [3.8, 4) is 0 Å². The van der Waals surface area contributed by atoms with E-state index in [4.69, 9.17) is 4.74 Å². The molecule has 2 rings (SSSR count). The highest BCUT2D eigenvalue weighted by molar-refractivity contribution is 5.35. The van der Waals surface area contributed by atoms with Gasteiger partial charge in [0.05, 0.1) is 6.61 Å². The molecule has 13 heavy (non-hydrogen) atoms. The van der Waals surface area contributed by atoms with E-state index in [0.717, 1.165) is 6.61 Å². The minimum absolute atomic E-state index is 0.225. The molecule has 0 bridgehead atoms. The van der Waals surface area contributed by atoms with Crippen molar-refractivity contribution in [2.75, 3.05) is 6.61 Å². The summed E-state index contributed by atoms with van der Waals surface area (Å²) in [4.78, 5) is 0. The standard InChI is InChI=1S/C12H16O/c1-12(2,3)10-7-5-4-6-9(10)11-8-13-11/h4-7,11H,8H2,1-3H3/t11-/m0/s1. The van der Waals surface area contributed by atoms with Crippen LogP contribution in [0.1, 0.15) is 38.0 Å². The molecule has 1 aliphatic rings. The lowest BCUT2D eigenvalue weighted by molar-refractivity contribution is 0.411. The van der Waals surface area contributed by atoms with Gasteiger partial charge in [0.25, 0.3) is 0 Å². The SMILES string of the molecule is CC(C)(C)c1ccccc1[C@@H]1CO1. The molecule has 1 saturated heterocycles. The van der Waals surface area contributed by atoms with E-state index >= 15 is 0 Å². The van der Waals surface area contributed by atoms with Gasteiger partial charge in [-0.3, -0.25) is 0 Å². The number of epoxide rings is 1. The number of hydrogen-bond donors (Lipinski definition) is 0. The van der Waals surface area contributed by atoms with E-state index in [1.165, 1.54) is 11.1 Å². The number of benzene rings is 1. The second-order valence-electron chi connectivity index (χ2n) is 4.66. The Morgan fingerprint density at radius 1 is 1.23 bits per heavy atom. The summed E-state index contributed by atoms with van der Waals surface area (Å²) in [5, 5.41) is 0. The molecule has 1 nitrogen and oxygen atoms in total. The van der Waals surface area contributed by atoms with Crippen molar-refractivity contribution in [3.63, 3.8) is 0 Å². The van der Waals surface area contributed by atoms with Gasteiger partial charge in [0, 0.05) is 0 Å². The van der Waals surface area contributed by atoms with Crippen molar-refractivity contribution in [1.82, 2.24) is 0 Å². The topological polar surface area (TPSA) is 12.5 Å². The van der Waals surface area contributed by atoms with Gasteiger partial charge < -0.3 is 4.74 Å². The Hall–Kier alpha value is -0.820. The Labute approximate surface area is 79.7 Å². The van der Waals surface area contributed by atoms with Gasteiger partial charge in [0.2, 0.25) is 0 Å². The third kappa shape index (κ3) is 1.75. The Balaban J connectivity index is 2.43. The van der Waals surface area contributed by atoms with Crippen molar-refractivity contribution >= 4 is 0 Å². The maximum Gasteiger partial charge on any atom is 0.106 e. The van der Waals surface area contributed by atoms with Crippen LogP contribution in [0.15, 0.2) is 24.3 Å². The fourth-order valence-electron chi connectivity index (χ4n) is 1.69. The highest BCUT2D eigenvalue weighted by atomic mass is 16.6. The molecule has 0 amide bonds. The lowest BCUT2D eigenvalue weighted by Crippen LogP contribution is -2.13. The third-order valence-corrected chi connectivity index (χ3v) is 2.45. The van der Waals surface area contributed by atoms with E-state index in [0.29, 0.717) is 6.10 Å². The summed E-state index contributed by atoms with van der Waals surface area (Å²) >= 11 is 0. The van der Waals surface area contributed by atoms with Gasteiger partial charge in [0.15, 0.2) is 0 Å². The number of rotatable bonds is 1. The van der Waals surface area contributed by atoms with Crippen LogP contribution in [0.3, 0.4) is 0 Å². The molecule has 0 spiro atoms. The van der Waals surface area contributed by atoms with E-state index in [-0.39, 0.29) is 5.41 Å². The summed E-state index contributed by atoms with van der Waals surface area (Å²) in [6.45, 7) is 7.63. The largest absolute Gasteiger partial charge is 0.368 e. The first kappa shape index (κ1) is 8.76. The zero-order valence-corrected chi connectivity index (χ0v) is 8.50. The Kier molecular flexibility index (Phi) is 1.92. The molecule has 0 aromatic heterocycles. The highest BCUT2D eigenvalue weighted by Crippen LogP contribution is 2.37. The molecule has 1 aliphatic heterocycles. The molecule has 1 fully saturated rings. The zero-order valence-electron chi connectivity index (χ0n) is 8.50. The summed E-state index contributed by atoms with van der Waals surface area (Å²) in [6.07, 6.45) is 0.371. The summed E-state index contributed by atoms with van der Waals surface area (Å²) in [5.41, 5.74) is 3.01. The smallest absolute Gasteiger partial charge is 0.106 e. The molecule has 1 heterocycles. The van der Waals surface area contributed by atoms with E-state index in [1.54, 1.807) is 0 Å². The zero-order chi connectivity index (χ0) is 9.47. The Morgan fingerprint density at radius 2 is 1.85 bits per heavy atom. The van der Waals surface area contributed by atoms with E-state index < -0.39 is 0 Å². The van der Waals surface area contributed by atoms with Crippen molar-refractivity contribution < 1.29 is 4.74 Å². The normalized spacial score (nSPS) is 21.6. The quantitative estimate of drug-likeness (QED) is 0.599. The lowest BCUT2D eigenvalue weighted by atomic mass is 9.83. The van der Waals surface area contributed by atoms with Crippen LogP contribution in [0.25, 0.3) is 0 Å². The Morgan fingerprint density at radius 3 is 2.38 bits per heavy atom. The van der Waals surface area contributed by atoms with Crippen LogP contribution in [0.4, 0.5) is 0 Å². The second kappa shape index (κ2) is 2.85. The van der Waals surface area contributed by atoms with Gasteiger partial charge in [0.1, 0.15) is 6.10 Å². The molecule has 0 radical (unpaired) electrons. The molecule has 1 heteroatoms. The fraction of sp³-hybridized carbons (Fsp3) is 0.500. The fourth-order valence-corrected chi connectivity index (χ4v) is 1.69. The van der Waals surface area contributed by atoms with Crippen molar-refractivity contribution in [2.24, 2.45) is 0 Å². The van der Waals surface area contributed by atoms with Gasteiger partial charge in [-0.05, 0) is 16.5 Å². The average molecular weight is 176 g/mol. The van der Waals surface area contributed by atoms with Gasteiger partial charge in [-0.2, -0.15) is 0 Å². The second-order valence-corrected chi connectivity index (χ2v) is 4.66. The van der Waals surface area contributed by atoms with E-state index in [2.05, 4.69) is 45.0 Å². The van der Waals surface area contributed by atoms with Crippen molar-refractivity contribution in [1.29, 1.82) is 0 Å². The molecule has 0 aliphatic carbocycles. The van der Waals surface area contributed by atoms with Crippen molar-refractivity contribution in [2.45, 2.75) is 32.3 Å². The highest BCUT2D eigenvalue weighted by Gasteiger charge is 2.30. The average Bonchev–Trinajstić information content (AvgIpc) is 2.85. The first-order valence-electron chi connectivity index (χ1n) is 4.80. The predicted molar refractivity (Wildman–Crippen MR) is 53.8 cm³/mol. The first-order chi connectivity index (χ1) is 6.09.